The van der Waals surface area contributed by atoms with E-state index in [2.05, 4.69) is 41.3 Å². The predicted octanol–water partition coefficient (Wildman–Crippen LogP) is 3.71. The van der Waals surface area contributed by atoms with Crippen LogP contribution < -0.4 is 15.5 Å². The van der Waals surface area contributed by atoms with Crippen LogP contribution in [0.3, 0.4) is 0 Å². The largest absolute Gasteiger partial charge is 0.372 e. The first-order valence-electron chi connectivity index (χ1n) is 9.49. The van der Waals surface area contributed by atoms with Crippen molar-refractivity contribution < 1.29 is 9.59 Å². The fraction of sp³-hybridized carbons (Fsp3) is 0.381. The van der Waals surface area contributed by atoms with Gasteiger partial charge in [0.1, 0.15) is 5.69 Å². The summed E-state index contributed by atoms with van der Waals surface area (Å²) in [6, 6.07) is 10.9. The minimum absolute atomic E-state index is 0.246. The summed E-state index contributed by atoms with van der Waals surface area (Å²) in [5, 5.41) is 5.67. The van der Waals surface area contributed by atoms with Crippen LogP contribution >= 0.6 is 0 Å². The van der Waals surface area contributed by atoms with E-state index in [0.29, 0.717) is 17.8 Å². The van der Waals surface area contributed by atoms with Gasteiger partial charge in [0.05, 0.1) is 0 Å². The molecular weight excluding hydrogens is 340 g/mol. The zero-order valence-corrected chi connectivity index (χ0v) is 16.3. The Balaban J connectivity index is 2.03. The van der Waals surface area contributed by atoms with Gasteiger partial charge in [-0.15, -0.1) is 0 Å². The first-order valence-corrected chi connectivity index (χ1v) is 9.49. The maximum Gasteiger partial charge on any atom is 0.269 e. The number of aromatic nitrogens is 1. The van der Waals surface area contributed by atoms with Crippen molar-refractivity contribution in [2.75, 3.05) is 29.9 Å². The van der Waals surface area contributed by atoms with Crippen LogP contribution in [0.4, 0.5) is 11.4 Å². The Labute approximate surface area is 161 Å². The van der Waals surface area contributed by atoms with Gasteiger partial charge in [-0.3, -0.25) is 14.6 Å². The summed E-state index contributed by atoms with van der Waals surface area (Å²) in [5.41, 5.74) is 2.48. The lowest BCUT2D eigenvalue weighted by Gasteiger charge is -2.21. The van der Waals surface area contributed by atoms with Crippen molar-refractivity contribution in [2.45, 2.75) is 33.6 Å². The Morgan fingerprint density at radius 2 is 1.70 bits per heavy atom. The van der Waals surface area contributed by atoms with Crippen LogP contribution in [0.2, 0.25) is 0 Å². The van der Waals surface area contributed by atoms with Gasteiger partial charge in [-0.2, -0.15) is 0 Å². The van der Waals surface area contributed by atoms with Crippen molar-refractivity contribution in [3.8, 4) is 0 Å². The summed E-state index contributed by atoms with van der Waals surface area (Å²) in [6.07, 6.45) is 3.39. The number of nitrogens with one attached hydrogen (secondary N) is 2. The second-order valence-electron chi connectivity index (χ2n) is 6.21. The molecule has 0 aliphatic carbocycles. The molecule has 1 heterocycles. The van der Waals surface area contributed by atoms with E-state index in [-0.39, 0.29) is 17.5 Å². The van der Waals surface area contributed by atoms with Gasteiger partial charge in [-0.25, -0.2) is 0 Å². The number of carbonyl (C=O) groups is 2. The lowest BCUT2D eigenvalue weighted by Crippen LogP contribution is -2.25. The van der Waals surface area contributed by atoms with Crippen LogP contribution in [-0.2, 0) is 0 Å². The van der Waals surface area contributed by atoms with E-state index >= 15 is 0 Å². The lowest BCUT2D eigenvalue weighted by molar-refractivity contribution is 0.0948. The molecular formula is C21H28N4O2. The number of nitrogens with zero attached hydrogens (tertiary/aromatic N) is 2. The molecule has 0 aliphatic heterocycles. The monoisotopic (exact) mass is 368 g/mol. The average molecular weight is 368 g/mol. The van der Waals surface area contributed by atoms with Crippen molar-refractivity contribution in [1.29, 1.82) is 0 Å². The van der Waals surface area contributed by atoms with Gasteiger partial charge in [0.15, 0.2) is 0 Å². The third kappa shape index (κ3) is 5.81. The highest BCUT2D eigenvalue weighted by molar-refractivity contribution is 6.05. The molecule has 0 unspecified atom stereocenters. The number of anilines is 2. The number of amides is 2. The number of carbonyl (C=O) groups excluding carboxylic acids is 2. The molecule has 2 rings (SSSR count). The molecule has 6 nitrogen and oxygen atoms in total. The first-order chi connectivity index (χ1) is 13.1. The molecule has 2 amide bonds. The summed E-state index contributed by atoms with van der Waals surface area (Å²) < 4.78 is 0. The van der Waals surface area contributed by atoms with Crippen LogP contribution in [0.25, 0.3) is 0 Å². The minimum atomic E-state index is -0.268. The molecule has 6 heteroatoms. The van der Waals surface area contributed by atoms with Crippen LogP contribution in [0.15, 0.2) is 42.6 Å². The number of benzene rings is 1. The Morgan fingerprint density at radius 3 is 2.33 bits per heavy atom. The highest BCUT2D eigenvalue weighted by Gasteiger charge is 2.12. The Morgan fingerprint density at radius 1 is 1.00 bits per heavy atom. The highest BCUT2D eigenvalue weighted by Crippen LogP contribution is 2.18. The second-order valence-corrected chi connectivity index (χ2v) is 6.21. The molecule has 27 heavy (non-hydrogen) atoms. The number of rotatable bonds is 9. The maximum absolute atomic E-state index is 12.5. The van der Waals surface area contributed by atoms with Crippen LogP contribution in [0.5, 0.6) is 0 Å². The van der Waals surface area contributed by atoms with Gasteiger partial charge in [0, 0.05) is 42.8 Å². The molecule has 2 N–H and O–H groups in total. The minimum Gasteiger partial charge on any atom is -0.372 e. The molecule has 0 atom stereocenters. The molecule has 0 radical (unpaired) electrons. The molecule has 144 valence electrons. The van der Waals surface area contributed by atoms with Crippen LogP contribution in [0.1, 0.15) is 54.5 Å². The van der Waals surface area contributed by atoms with Gasteiger partial charge in [-0.05, 0) is 56.7 Å². The van der Waals surface area contributed by atoms with E-state index in [0.717, 1.165) is 31.6 Å². The molecule has 0 bridgehead atoms. The SMILES string of the molecule is CCCCNC(=O)c1cc(C(=O)Nc2ccc(N(CC)CC)cc2)ccn1. The first kappa shape index (κ1) is 20.4. The van der Waals surface area contributed by atoms with Gasteiger partial charge >= 0.3 is 0 Å². The zero-order chi connectivity index (χ0) is 19.6. The van der Waals surface area contributed by atoms with E-state index in [4.69, 9.17) is 0 Å². The number of hydrogen-bond donors (Lipinski definition) is 2. The van der Waals surface area contributed by atoms with E-state index < -0.39 is 0 Å². The molecule has 0 saturated carbocycles. The fourth-order valence-corrected chi connectivity index (χ4v) is 2.71. The Kier molecular flexibility index (Phi) is 7.79. The average Bonchev–Trinajstić information content (AvgIpc) is 2.70. The maximum atomic E-state index is 12.5. The second kappa shape index (κ2) is 10.3. The van der Waals surface area contributed by atoms with Crippen LogP contribution in [-0.4, -0.2) is 36.4 Å². The van der Waals surface area contributed by atoms with Gasteiger partial charge in [-0.1, -0.05) is 13.3 Å². The lowest BCUT2D eigenvalue weighted by atomic mass is 10.2. The summed E-state index contributed by atoms with van der Waals surface area (Å²) in [4.78, 5) is 30.9. The van der Waals surface area contributed by atoms with Crippen molar-refractivity contribution in [1.82, 2.24) is 10.3 Å². The number of unbranched alkanes of at least 4 members (excludes halogenated alkanes) is 1. The van der Waals surface area contributed by atoms with Crippen molar-refractivity contribution in [2.24, 2.45) is 0 Å². The molecule has 0 fully saturated rings. The molecule has 0 spiro atoms. The molecule has 2 aromatic rings. The van der Waals surface area contributed by atoms with Gasteiger partial charge in [0.25, 0.3) is 11.8 Å². The zero-order valence-electron chi connectivity index (χ0n) is 16.3. The molecule has 1 aromatic heterocycles. The fourth-order valence-electron chi connectivity index (χ4n) is 2.71. The smallest absolute Gasteiger partial charge is 0.269 e. The molecule has 0 aliphatic rings. The third-order valence-corrected chi connectivity index (χ3v) is 4.32. The van der Waals surface area contributed by atoms with E-state index in [1.165, 1.54) is 12.3 Å². The summed E-state index contributed by atoms with van der Waals surface area (Å²) >= 11 is 0. The van der Waals surface area contributed by atoms with E-state index in [1.54, 1.807) is 6.07 Å². The van der Waals surface area contributed by atoms with E-state index in [9.17, 15) is 9.59 Å². The summed E-state index contributed by atoms with van der Waals surface area (Å²) in [6.45, 7) is 8.75. The Hall–Kier alpha value is -2.89. The van der Waals surface area contributed by atoms with Crippen LogP contribution in [0, 0.1) is 0 Å². The normalized spacial score (nSPS) is 10.3. The number of hydrogen-bond acceptors (Lipinski definition) is 4. The van der Waals surface area contributed by atoms with Gasteiger partial charge < -0.3 is 15.5 Å². The Bertz CT molecular complexity index is 755. The topological polar surface area (TPSA) is 74.3 Å². The summed E-state index contributed by atoms with van der Waals surface area (Å²) in [5.74, 6) is -0.530. The molecule has 0 saturated heterocycles. The van der Waals surface area contributed by atoms with Crippen molar-refractivity contribution in [3.05, 3.63) is 53.9 Å². The van der Waals surface area contributed by atoms with Crippen molar-refractivity contribution >= 4 is 23.2 Å². The van der Waals surface area contributed by atoms with E-state index in [1.807, 2.05) is 24.3 Å². The highest BCUT2D eigenvalue weighted by atomic mass is 16.2. The van der Waals surface area contributed by atoms with Gasteiger partial charge in [0.2, 0.25) is 0 Å². The summed E-state index contributed by atoms with van der Waals surface area (Å²) in [7, 11) is 0. The third-order valence-electron chi connectivity index (χ3n) is 4.32. The predicted molar refractivity (Wildman–Crippen MR) is 109 cm³/mol. The quantitative estimate of drug-likeness (QED) is 0.662. The molecule has 1 aromatic carbocycles. The van der Waals surface area contributed by atoms with Crippen molar-refractivity contribution in [3.63, 3.8) is 0 Å². The standard InChI is InChI=1S/C21H28N4O2/c1-4-7-13-23-21(27)19-15-16(12-14-22-19)20(26)24-17-8-10-18(11-9-17)25(5-2)6-3/h8-12,14-15H,4-7,13H2,1-3H3,(H,23,27)(H,24,26). The number of pyridine rings is 1.